The number of Topliss-reactive ketones (excluding diaryl/α,β-unsaturated/α-hetero) is 1. The van der Waals surface area contributed by atoms with E-state index in [1.807, 2.05) is 12.1 Å². The molecular formula is C14H18O3S. The lowest BCUT2D eigenvalue weighted by atomic mass is 10.0. The van der Waals surface area contributed by atoms with Gasteiger partial charge in [0.25, 0.3) is 0 Å². The maximum atomic E-state index is 11.8. The molecule has 0 saturated carbocycles. The molecule has 1 aromatic carbocycles. The number of ketones is 1. The lowest BCUT2D eigenvalue weighted by Crippen LogP contribution is -2.16. The van der Waals surface area contributed by atoms with Crippen LogP contribution in [0.1, 0.15) is 37.3 Å². The number of sulfone groups is 1. The van der Waals surface area contributed by atoms with Crippen molar-refractivity contribution in [2.45, 2.75) is 43.9 Å². The van der Waals surface area contributed by atoms with Crippen molar-refractivity contribution in [3.05, 3.63) is 29.3 Å². The Morgan fingerprint density at radius 2 is 2.11 bits per heavy atom. The smallest absolute Gasteiger partial charge is 0.178 e. The van der Waals surface area contributed by atoms with E-state index in [9.17, 15) is 13.2 Å². The van der Waals surface area contributed by atoms with Crippen molar-refractivity contribution in [2.24, 2.45) is 0 Å². The Balaban J connectivity index is 2.15. The summed E-state index contributed by atoms with van der Waals surface area (Å²) in [6.45, 7) is 1.60. The van der Waals surface area contributed by atoms with Crippen molar-refractivity contribution < 1.29 is 13.2 Å². The normalized spacial score (nSPS) is 17.2. The van der Waals surface area contributed by atoms with E-state index in [4.69, 9.17) is 0 Å². The van der Waals surface area contributed by atoms with Crippen LogP contribution in [-0.2, 0) is 27.5 Å². The average Bonchev–Trinajstić information content (AvgIpc) is 2.27. The second-order valence-electron chi connectivity index (χ2n) is 4.92. The molecule has 0 N–H and O–H groups in total. The Labute approximate surface area is 108 Å². The highest BCUT2D eigenvalue weighted by Gasteiger charge is 2.23. The molecule has 0 atom stereocenters. The third-order valence-corrected chi connectivity index (χ3v) is 5.21. The van der Waals surface area contributed by atoms with Crippen LogP contribution in [0.25, 0.3) is 0 Å². The minimum absolute atomic E-state index is 0.204. The maximum Gasteiger partial charge on any atom is 0.178 e. The lowest BCUT2D eigenvalue weighted by molar-refractivity contribution is -0.117. The minimum Gasteiger partial charge on any atom is -0.300 e. The highest BCUT2D eigenvalue weighted by molar-refractivity contribution is 7.91. The second-order valence-corrected chi connectivity index (χ2v) is 7.00. The van der Waals surface area contributed by atoms with E-state index in [-0.39, 0.29) is 11.5 Å². The first-order chi connectivity index (χ1) is 8.49. The summed E-state index contributed by atoms with van der Waals surface area (Å²) in [6.07, 6.45) is 3.82. The Morgan fingerprint density at radius 3 is 2.83 bits per heavy atom. The van der Waals surface area contributed by atoms with E-state index in [0.717, 1.165) is 30.4 Å². The van der Waals surface area contributed by atoms with Gasteiger partial charge in [0.05, 0.1) is 10.6 Å². The Hall–Kier alpha value is -1.16. The van der Waals surface area contributed by atoms with Gasteiger partial charge >= 0.3 is 0 Å². The van der Waals surface area contributed by atoms with Crippen molar-refractivity contribution in [1.82, 2.24) is 0 Å². The van der Waals surface area contributed by atoms with Gasteiger partial charge in [-0.3, -0.25) is 0 Å². The van der Waals surface area contributed by atoms with Crippen LogP contribution in [0.3, 0.4) is 0 Å². The van der Waals surface area contributed by atoms with Gasteiger partial charge in [0.1, 0.15) is 5.78 Å². The number of aryl methyl sites for hydroxylation is 2. The fourth-order valence-electron chi connectivity index (χ4n) is 2.39. The Bertz CT molecular complexity index is 558. The zero-order chi connectivity index (χ0) is 13.2. The second kappa shape index (κ2) is 5.22. The van der Waals surface area contributed by atoms with E-state index in [0.29, 0.717) is 17.7 Å². The zero-order valence-corrected chi connectivity index (χ0v) is 11.4. The number of rotatable bonds is 4. The van der Waals surface area contributed by atoms with Crippen LogP contribution in [0.15, 0.2) is 23.1 Å². The first-order valence-electron chi connectivity index (χ1n) is 6.33. The maximum absolute atomic E-state index is 11.8. The monoisotopic (exact) mass is 266 g/mol. The third-order valence-electron chi connectivity index (χ3n) is 3.31. The Morgan fingerprint density at radius 1 is 1.33 bits per heavy atom. The third kappa shape index (κ3) is 2.99. The molecule has 0 amide bonds. The van der Waals surface area contributed by atoms with Gasteiger partial charge in [-0.2, -0.15) is 0 Å². The molecule has 0 fully saturated rings. The van der Waals surface area contributed by atoms with Gasteiger partial charge in [0.2, 0.25) is 0 Å². The summed E-state index contributed by atoms with van der Waals surface area (Å²) in [6, 6.07) is 5.60. The molecule has 18 heavy (non-hydrogen) atoms. The standard InChI is InChI=1S/C14H18O3S/c1-11(15)4-2-5-12-7-8-14-13(10-12)6-3-9-18(14,16)17/h7-8,10H,2-6,9H2,1H3. The van der Waals surface area contributed by atoms with Crippen LogP contribution in [-0.4, -0.2) is 20.0 Å². The van der Waals surface area contributed by atoms with Crippen LogP contribution in [0.4, 0.5) is 0 Å². The largest absolute Gasteiger partial charge is 0.300 e. The van der Waals surface area contributed by atoms with Crippen LogP contribution in [0.2, 0.25) is 0 Å². The lowest BCUT2D eigenvalue weighted by Gasteiger charge is -2.17. The number of hydrogen-bond acceptors (Lipinski definition) is 3. The van der Waals surface area contributed by atoms with Crippen molar-refractivity contribution in [3.63, 3.8) is 0 Å². The van der Waals surface area contributed by atoms with E-state index in [1.54, 1.807) is 13.0 Å². The summed E-state index contributed by atoms with van der Waals surface area (Å²) in [5.74, 6) is 0.472. The fraction of sp³-hybridized carbons (Fsp3) is 0.500. The predicted octanol–water partition coefficient (Wildman–Crippen LogP) is 2.32. The molecule has 0 saturated heterocycles. The number of hydrogen-bond donors (Lipinski definition) is 0. The molecule has 0 aromatic heterocycles. The van der Waals surface area contributed by atoms with Gasteiger partial charge in [-0.05, 0) is 49.8 Å². The van der Waals surface area contributed by atoms with Gasteiger partial charge < -0.3 is 4.79 Å². The SMILES string of the molecule is CC(=O)CCCc1ccc2c(c1)CCCS2(=O)=O. The molecule has 1 aliphatic heterocycles. The number of fused-ring (bicyclic) bond motifs is 1. The van der Waals surface area contributed by atoms with Crippen LogP contribution < -0.4 is 0 Å². The quantitative estimate of drug-likeness (QED) is 0.840. The summed E-state index contributed by atoms with van der Waals surface area (Å²) >= 11 is 0. The fourth-order valence-corrected chi connectivity index (χ4v) is 3.97. The average molecular weight is 266 g/mol. The van der Waals surface area contributed by atoms with E-state index < -0.39 is 9.84 Å². The van der Waals surface area contributed by atoms with Gasteiger partial charge in [-0.15, -0.1) is 0 Å². The molecular weight excluding hydrogens is 248 g/mol. The molecule has 4 heteroatoms. The molecule has 0 unspecified atom stereocenters. The predicted molar refractivity (Wildman–Crippen MR) is 70.4 cm³/mol. The molecule has 0 radical (unpaired) electrons. The first kappa shape index (κ1) is 13.3. The molecule has 98 valence electrons. The molecule has 3 nitrogen and oxygen atoms in total. The van der Waals surface area contributed by atoms with E-state index >= 15 is 0 Å². The topological polar surface area (TPSA) is 51.2 Å². The summed E-state index contributed by atoms with van der Waals surface area (Å²) in [5, 5.41) is 0. The Kier molecular flexibility index (Phi) is 3.85. The molecule has 0 aliphatic carbocycles. The summed E-state index contributed by atoms with van der Waals surface area (Å²) < 4.78 is 23.7. The van der Waals surface area contributed by atoms with E-state index in [2.05, 4.69) is 0 Å². The molecule has 0 bridgehead atoms. The van der Waals surface area contributed by atoms with Gasteiger partial charge in [0, 0.05) is 6.42 Å². The summed E-state index contributed by atoms with van der Waals surface area (Å²) in [4.78, 5) is 11.4. The molecule has 0 spiro atoms. The van der Waals surface area contributed by atoms with Crippen molar-refractivity contribution in [3.8, 4) is 0 Å². The molecule has 1 aromatic rings. The number of carbonyl (C=O) groups excluding carboxylic acids is 1. The molecule has 1 aliphatic rings. The molecule has 2 rings (SSSR count). The highest BCUT2D eigenvalue weighted by Crippen LogP contribution is 2.26. The van der Waals surface area contributed by atoms with Crippen LogP contribution in [0.5, 0.6) is 0 Å². The first-order valence-corrected chi connectivity index (χ1v) is 7.98. The van der Waals surface area contributed by atoms with Crippen molar-refractivity contribution in [1.29, 1.82) is 0 Å². The molecule has 1 heterocycles. The number of carbonyl (C=O) groups is 1. The zero-order valence-electron chi connectivity index (χ0n) is 10.6. The van der Waals surface area contributed by atoms with E-state index in [1.165, 1.54) is 0 Å². The van der Waals surface area contributed by atoms with Crippen molar-refractivity contribution >= 4 is 15.6 Å². The minimum atomic E-state index is -3.05. The number of benzene rings is 1. The highest BCUT2D eigenvalue weighted by atomic mass is 32.2. The van der Waals surface area contributed by atoms with Crippen LogP contribution in [0, 0.1) is 0 Å². The van der Waals surface area contributed by atoms with Crippen molar-refractivity contribution in [2.75, 3.05) is 5.75 Å². The van der Waals surface area contributed by atoms with Gasteiger partial charge in [-0.25, -0.2) is 8.42 Å². The van der Waals surface area contributed by atoms with Gasteiger partial charge in [0.15, 0.2) is 9.84 Å². The van der Waals surface area contributed by atoms with Gasteiger partial charge in [-0.1, -0.05) is 12.1 Å². The van der Waals surface area contributed by atoms with Crippen LogP contribution >= 0.6 is 0 Å². The summed E-state index contributed by atoms with van der Waals surface area (Å²) in [7, 11) is -3.05. The summed E-state index contributed by atoms with van der Waals surface area (Å²) in [5.41, 5.74) is 2.08.